The van der Waals surface area contributed by atoms with Crippen molar-refractivity contribution in [2.45, 2.75) is 13.8 Å². The number of aromatic nitrogens is 3. The van der Waals surface area contributed by atoms with Gasteiger partial charge in [0.1, 0.15) is 5.69 Å². The summed E-state index contributed by atoms with van der Waals surface area (Å²) in [6.45, 7) is 2.96. The number of Topliss-reactive ketones (excluding diaryl/α,β-unsaturated/α-hetero) is 1. The maximum absolute atomic E-state index is 11.7. The minimum Gasteiger partial charge on any atom is -0.383 e. The molecule has 0 aliphatic carbocycles. The molecule has 0 aliphatic heterocycles. The molecule has 2 rings (SSSR count). The van der Waals surface area contributed by atoms with Gasteiger partial charge in [-0.05, 0) is 19.9 Å². The number of hydrogen-bond donors (Lipinski definition) is 0. The molecule has 0 unspecified atom stereocenters. The first-order valence-electron chi connectivity index (χ1n) is 6.21. The lowest BCUT2D eigenvalue weighted by Crippen LogP contribution is -2.07. The molecule has 0 saturated carbocycles. The Morgan fingerprint density at radius 2 is 2.14 bits per heavy atom. The van der Waals surface area contributed by atoms with Crippen LogP contribution in [0, 0.1) is 17.0 Å². The summed E-state index contributed by atoms with van der Waals surface area (Å²) >= 11 is 0. The second kappa shape index (κ2) is 5.31. The number of ketones is 1. The summed E-state index contributed by atoms with van der Waals surface area (Å²) < 4.78 is 1.34. The van der Waals surface area contributed by atoms with Crippen molar-refractivity contribution >= 4 is 23.2 Å². The lowest BCUT2D eigenvalue weighted by molar-refractivity contribution is -0.383. The van der Waals surface area contributed by atoms with Crippen molar-refractivity contribution in [3.05, 3.63) is 39.5 Å². The second-order valence-electron chi connectivity index (χ2n) is 4.82. The maximum Gasteiger partial charge on any atom is 0.336 e. The van der Waals surface area contributed by atoms with Crippen LogP contribution in [0.25, 0.3) is 11.7 Å². The fraction of sp³-hybridized carbons (Fsp3) is 0.308. The van der Waals surface area contributed by atoms with E-state index in [1.165, 1.54) is 17.6 Å². The van der Waals surface area contributed by atoms with E-state index in [9.17, 15) is 14.9 Å². The van der Waals surface area contributed by atoms with E-state index < -0.39 is 4.92 Å². The predicted octanol–water partition coefficient (Wildman–Crippen LogP) is 1.68. The molecule has 8 heteroatoms. The smallest absolute Gasteiger partial charge is 0.336 e. The van der Waals surface area contributed by atoms with Gasteiger partial charge in [0, 0.05) is 26.5 Å². The average Bonchev–Trinajstić information content (AvgIpc) is 2.71. The van der Waals surface area contributed by atoms with Crippen LogP contribution in [0.2, 0.25) is 0 Å². The Hall–Kier alpha value is -2.77. The summed E-state index contributed by atoms with van der Waals surface area (Å²) in [5, 5.41) is 15.3. The van der Waals surface area contributed by atoms with E-state index in [4.69, 9.17) is 0 Å². The molecule has 2 aromatic rings. The summed E-state index contributed by atoms with van der Waals surface area (Å²) in [6.07, 6.45) is 4.77. The SMILES string of the molecule is CC(=O)c1cnc2c([N+](=O)[O-])c(C)nn2c1/C=C/N(C)C. The Balaban J connectivity index is 2.82. The lowest BCUT2D eigenvalue weighted by atomic mass is 10.1. The summed E-state index contributed by atoms with van der Waals surface area (Å²) in [7, 11) is 3.66. The number of carbonyl (C=O) groups is 1. The van der Waals surface area contributed by atoms with Crippen LogP contribution in [0.3, 0.4) is 0 Å². The fourth-order valence-electron chi connectivity index (χ4n) is 1.96. The van der Waals surface area contributed by atoms with Gasteiger partial charge in [0.2, 0.25) is 5.65 Å². The van der Waals surface area contributed by atoms with Gasteiger partial charge >= 0.3 is 5.69 Å². The highest BCUT2D eigenvalue weighted by molar-refractivity contribution is 5.97. The van der Waals surface area contributed by atoms with E-state index in [1.54, 1.807) is 24.1 Å². The number of nitro groups is 1. The van der Waals surface area contributed by atoms with Crippen LogP contribution in [-0.2, 0) is 0 Å². The van der Waals surface area contributed by atoms with E-state index in [0.29, 0.717) is 11.3 Å². The molecule has 0 fully saturated rings. The number of rotatable bonds is 4. The van der Waals surface area contributed by atoms with Crippen LogP contribution in [0.1, 0.15) is 28.7 Å². The van der Waals surface area contributed by atoms with Crippen molar-refractivity contribution in [3.8, 4) is 0 Å². The Morgan fingerprint density at radius 3 is 2.67 bits per heavy atom. The fourth-order valence-corrected chi connectivity index (χ4v) is 1.96. The Labute approximate surface area is 120 Å². The molecule has 2 aromatic heterocycles. The van der Waals surface area contributed by atoms with Crippen molar-refractivity contribution < 1.29 is 9.72 Å². The average molecular weight is 289 g/mol. The van der Waals surface area contributed by atoms with E-state index in [1.807, 2.05) is 14.1 Å². The van der Waals surface area contributed by atoms with Crippen LogP contribution in [0.5, 0.6) is 0 Å². The summed E-state index contributed by atoms with van der Waals surface area (Å²) in [5.41, 5.74) is 1.06. The second-order valence-corrected chi connectivity index (χ2v) is 4.82. The topological polar surface area (TPSA) is 93.6 Å². The standard InChI is InChI=1S/C13H15N5O3/c1-8-12(18(20)21)13-14-7-10(9(2)19)11(17(13)15-8)5-6-16(3)4/h5-7H,1-4H3/b6-5+. The van der Waals surface area contributed by atoms with Crippen LogP contribution in [0.4, 0.5) is 5.69 Å². The van der Waals surface area contributed by atoms with Crippen LogP contribution in [0.15, 0.2) is 12.4 Å². The number of carbonyl (C=O) groups excluding carboxylic acids is 1. The number of fused-ring (bicyclic) bond motifs is 1. The van der Waals surface area contributed by atoms with Gasteiger partial charge in [0.15, 0.2) is 5.78 Å². The van der Waals surface area contributed by atoms with Gasteiger partial charge < -0.3 is 4.90 Å². The van der Waals surface area contributed by atoms with Crippen molar-refractivity contribution in [2.75, 3.05) is 14.1 Å². The van der Waals surface area contributed by atoms with E-state index in [2.05, 4.69) is 10.1 Å². The van der Waals surface area contributed by atoms with Crippen molar-refractivity contribution in [1.29, 1.82) is 0 Å². The molecule has 0 spiro atoms. The largest absolute Gasteiger partial charge is 0.383 e. The van der Waals surface area contributed by atoms with Crippen LogP contribution >= 0.6 is 0 Å². The first-order valence-corrected chi connectivity index (χ1v) is 6.21. The van der Waals surface area contributed by atoms with Gasteiger partial charge in [0.05, 0.1) is 16.2 Å². The van der Waals surface area contributed by atoms with Gasteiger partial charge in [0.25, 0.3) is 0 Å². The van der Waals surface area contributed by atoms with Crippen LogP contribution in [-0.4, -0.2) is 44.3 Å². The summed E-state index contributed by atoms with van der Waals surface area (Å²) in [6, 6.07) is 0. The molecule has 0 atom stereocenters. The Bertz CT molecular complexity index is 761. The van der Waals surface area contributed by atoms with Gasteiger partial charge in [-0.3, -0.25) is 14.9 Å². The van der Waals surface area contributed by atoms with Gasteiger partial charge in [-0.15, -0.1) is 0 Å². The third-order valence-electron chi connectivity index (χ3n) is 2.92. The van der Waals surface area contributed by atoms with Crippen molar-refractivity contribution in [1.82, 2.24) is 19.5 Å². The monoisotopic (exact) mass is 289 g/mol. The van der Waals surface area contributed by atoms with Gasteiger partial charge in [-0.1, -0.05) is 0 Å². The molecule has 0 N–H and O–H groups in total. The summed E-state index contributed by atoms with van der Waals surface area (Å²) in [4.78, 5) is 28.1. The minimum absolute atomic E-state index is 0.126. The molecule has 21 heavy (non-hydrogen) atoms. The van der Waals surface area contributed by atoms with Gasteiger partial charge in [-0.25, -0.2) is 9.50 Å². The maximum atomic E-state index is 11.7. The van der Waals surface area contributed by atoms with Crippen molar-refractivity contribution in [2.24, 2.45) is 0 Å². The third-order valence-corrected chi connectivity index (χ3v) is 2.92. The number of aryl methyl sites for hydroxylation is 1. The quantitative estimate of drug-likeness (QED) is 0.483. The molecule has 0 saturated heterocycles. The van der Waals surface area contributed by atoms with E-state index in [-0.39, 0.29) is 22.8 Å². The Kier molecular flexibility index (Phi) is 3.70. The Morgan fingerprint density at radius 1 is 1.48 bits per heavy atom. The zero-order valence-corrected chi connectivity index (χ0v) is 12.2. The molecular formula is C13H15N5O3. The molecular weight excluding hydrogens is 274 g/mol. The zero-order chi connectivity index (χ0) is 15.7. The molecule has 0 amide bonds. The highest BCUT2D eigenvalue weighted by Crippen LogP contribution is 2.25. The molecule has 110 valence electrons. The van der Waals surface area contributed by atoms with Gasteiger partial charge in [-0.2, -0.15) is 5.10 Å². The molecule has 0 aromatic carbocycles. The van der Waals surface area contributed by atoms with Crippen LogP contribution < -0.4 is 0 Å². The minimum atomic E-state index is -0.516. The highest BCUT2D eigenvalue weighted by atomic mass is 16.6. The normalized spacial score (nSPS) is 11.2. The number of nitrogens with zero attached hydrogens (tertiary/aromatic N) is 5. The molecule has 0 aliphatic rings. The first kappa shape index (κ1) is 14.6. The third kappa shape index (κ3) is 2.60. The molecule has 8 nitrogen and oxygen atoms in total. The van der Waals surface area contributed by atoms with E-state index in [0.717, 1.165) is 0 Å². The molecule has 2 heterocycles. The number of hydrogen-bond acceptors (Lipinski definition) is 6. The first-order chi connectivity index (χ1) is 9.82. The highest BCUT2D eigenvalue weighted by Gasteiger charge is 2.24. The zero-order valence-electron chi connectivity index (χ0n) is 12.2. The van der Waals surface area contributed by atoms with E-state index >= 15 is 0 Å². The predicted molar refractivity (Wildman–Crippen MR) is 77.1 cm³/mol. The van der Waals surface area contributed by atoms with Crippen molar-refractivity contribution in [3.63, 3.8) is 0 Å². The molecule has 0 bridgehead atoms. The lowest BCUT2D eigenvalue weighted by Gasteiger charge is -2.07. The summed E-state index contributed by atoms with van der Waals surface area (Å²) in [5.74, 6) is -0.182. The molecule has 0 radical (unpaired) electrons.